The first kappa shape index (κ1) is 21.2. The molecular weight excluding hydrogens is 366 g/mol. The van der Waals surface area contributed by atoms with E-state index in [0.717, 1.165) is 17.7 Å². The highest BCUT2D eigenvalue weighted by Crippen LogP contribution is 2.19. The van der Waals surface area contributed by atoms with Crippen LogP contribution in [0.15, 0.2) is 49.1 Å². The Bertz CT molecular complexity index is 723. The van der Waals surface area contributed by atoms with Crippen LogP contribution in [0.5, 0.6) is 11.6 Å². The first-order valence-corrected chi connectivity index (χ1v) is 9.14. The molecule has 1 aromatic carbocycles. The summed E-state index contributed by atoms with van der Waals surface area (Å²) in [6, 6.07) is 11.0. The molecule has 1 atom stereocenters. The van der Waals surface area contributed by atoms with E-state index >= 15 is 0 Å². The number of benzene rings is 1. The van der Waals surface area contributed by atoms with Crippen molar-refractivity contribution < 1.29 is 14.6 Å². The number of ether oxygens (including phenoxy) is 2. The minimum absolute atomic E-state index is 0.195. The smallest absolute Gasteiger partial charge is 0.233 e. The number of aliphatic hydroxyl groups excluding tert-OH is 1. The number of para-hydroxylation sites is 1. The number of β-amino-alcohol motifs (C(OH)–C–C–N with tert-alkyl or cyclic N) is 1. The third kappa shape index (κ3) is 7.54. The van der Waals surface area contributed by atoms with E-state index in [1.165, 1.54) is 0 Å². The second-order valence-corrected chi connectivity index (χ2v) is 7.20. The maximum Gasteiger partial charge on any atom is 0.233 e. The summed E-state index contributed by atoms with van der Waals surface area (Å²) in [4.78, 5) is 0. The molecule has 0 saturated carbocycles. The zero-order valence-electron chi connectivity index (χ0n) is 15.7. The van der Waals surface area contributed by atoms with Gasteiger partial charge in [-0.15, -0.1) is 16.8 Å². The molecule has 2 aromatic rings. The van der Waals surface area contributed by atoms with E-state index in [0.29, 0.717) is 24.2 Å². The van der Waals surface area contributed by atoms with Crippen LogP contribution in [0.25, 0.3) is 0 Å². The molecular formula is C20H26ClN3O3. The summed E-state index contributed by atoms with van der Waals surface area (Å²) in [5, 5.41) is 21.4. The van der Waals surface area contributed by atoms with Gasteiger partial charge in [0.2, 0.25) is 5.88 Å². The lowest BCUT2D eigenvalue weighted by atomic mass is 10.1. The van der Waals surface area contributed by atoms with E-state index in [1.54, 1.807) is 12.1 Å². The molecule has 1 heterocycles. The van der Waals surface area contributed by atoms with Gasteiger partial charge in [-0.25, -0.2) is 0 Å². The van der Waals surface area contributed by atoms with Gasteiger partial charge >= 0.3 is 0 Å². The summed E-state index contributed by atoms with van der Waals surface area (Å²) in [7, 11) is 0. The Kier molecular flexibility index (Phi) is 8.03. The molecule has 0 spiro atoms. The highest BCUT2D eigenvalue weighted by Gasteiger charge is 2.20. The van der Waals surface area contributed by atoms with Gasteiger partial charge in [0, 0.05) is 18.2 Å². The third-order valence-corrected chi connectivity index (χ3v) is 3.97. The molecule has 0 amide bonds. The van der Waals surface area contributed by atoms with Crippen molar-refractivity contribution in [3.05, 3.63) is 59.8 Å². The van der Waals surface area contributed by atoms with E-state index in [9.17, 15) is 5.11 Å². The molecule has 2 rings (SSSR count). The lowest BCUT2D eigenvalue weighted by Gasteiger charge is -2.27. The minimum Gasteiger partial charge on any atom is -0.491 e. The zero-order valence-corrected chi connectivity index (χ0v) is 16.4. The quantitative estimate of drug-likeness (QED) is 0.573. The van der Waals surface area contributed by atoms with Gasteiger partial charge in [-0.2, -0.15) is 0 Å². The molecule has 6 nitrogen and oxygen atoms in total. The molecule has 0 fully saturated rings. The monoisotopic (exact) mass is 391 g/mol. The largest absolute Gasteiger partial charge is 0.491 e. The molecule has 2 N–H and O–H groups in total. The Morgan fingerprint density at radius 3 is 2.70 bits per heavy atom. The van der Waals surface area contributed by atoms with Gasteiger partial charge in [-0.05, 0) is 38.0 Å². The molecule has 0 saturated heterocycles. The molecule has 27 heavy (non-hydrogen) atoms. The van der Waals surface area contributed by atoms with Crippen molar-refractivity contribution in [2.24, 2.45) is 0 Å². The molecule has 0 aliphatic heterocycles. The summed E-state index contributed by atoms with van der Waals surface area (Å²) in [5.41, 5.74) is 0.675. The van der Waals surface area contributed by atoms with Crippen LogP contribution in [0.2, 0.25) is 5.15 Å². The van der Waals surface area contributed by atoms with Crippen LogP contribution in [0.1, 0.15) is 19.4 Å². The fourth-order valence-electron chi connectivity index (χ4n) is 2.29. The van der Waals surface area contributed by atoms with Crippen molar-refractivity contribution in [2.45, 2.75) is 31.9 Å². The summed E-state index contributed by atoms with van der Waals surface area (Å²) >= 11 is 5.70. The Balaban J connectivity index is 1.75. The highest BCUT2D eigenvalue weighted by atomic mass is 35.5. The molecule has 0 aliphatic carbocycles. The maximum atomic E-state index is 10.2. The van der Waals surface area contributed by atoms with E-state index in [2.05, 4.69) is 22.1 Å². The second-order valence-electron chi connectivity index (χ2n) is 6.81. The van der Waals surface area contributed by atoms with E-state index in [1.807, 2.05) is 44.2 Å². The van der Waals surface area contributed by atoms with Crippen LogP contribution in [-0.4, -0.2) is 46.7 Å². The number of hydrogen-bond donors (Lipinski definition) is 2. The van der Waals surface area contributed by atoms with Crippen LogP contribution in [-0.2, 0) is 6.42 Å². The minimum atomic E-state index is -0.656. The van der Waals surface area contributed by atoms with Crippen LogP contribution in [0.3, 0.4) is 0 Å². The van der Waals surface area contributed by atoms with E-state index in [-0.39, 0.29) is 12.1 Å². The molecule has 0 radical (unpaired) electrons. The molecule has 0 aliphatic rings. The summed E-state index contributed by atoms with van der Waals surface area (Å²) in [6.07, 6.45) is 1.90. The van der Waals surface area contributed by atoms with E-state index in [4.69, 9.17) is 21.1 Å². The fourth-order valence-corrected chi connectivity index (χ4v) is 2.39. The standard InChI is InChI=1S/C20H26ClN3O3/c1-4-7-15-8-5-6-9-17(15)26-13-16(25)12-22-20(2,3)14-27-19-11-10-18(21)23-24-19/h4-6,8-11,16,22,25H,1,7,12-14H2,2-3H3. The fraction of sp³-hybridized carbons (Fsp3) is 0.400. The van der Waals surface area contributed by atoms with Gasteiger partial charge in [0.05, 0.1) is 0 Å². The number of aliphatic hydroxyl groups is 1. The van der Waals surface area contributed by atoms with Crippen molar-refractivity contribution in [1.29, 1.82) is 0 Å². The summed E-state index contributed by atoms with van der Waals surface area (Å²) in [5.74, 6) is 1.16. The summed E-state index contributed by atoms with van der Waals surface area (Å²) in [6.45, 7) is 8.62. The van der Waals surface area contributed by atoms with Gasteiger partial charge in [-0.1, -0.05) is 35.9 Å². The number of allylic oxidation sites excluding steroid dienone is 1. The normalized spacial score (nSPS) is 12.4. The predicted molar refractivity (Wildman–Crippen MR) is 106 cm³/mol. The number of rotatable bonds is 11. The van der Waals surface area contributed by atoms with Crippen LogP contribution in [0, 0.1) is 0 Å². The average Bonchev–Trinajstić information content (AvgIpc) is 2.66. The average molecular weight is 392 g/mol. The summed E-state index contributed by atoms with van der Waals surface area (Å²) < 4.78 is 11.4. The van der Waals surface area contributed by atoms with E-state index < -0.39 is 6.10 Å². The number of halogens is 1. The van der Waals surface area contributed by atoms with Gasteiger partial charge in [0.25, 0.3) is 0 Å². The predicted octanol–water partition coefficient (Wildman–Crippen LogP) is 3.05. The lowest BCUT2D eigenvalue weighted by Crippen LogP contribution is -2.48. The third-order valence-electron chi connectivity index (χ3n) is 3.77. The molecule has 0 bridgehead atoms. The Morgan fingerprint density at radius 1 is 1.22 bits per heavy atom. The number of aromatic nitrogens is 2. The van der Waals surface area contributed by atoms with Crippen LogP contribution >= 0.6 is 11.6 Å². The Labute approximate surface area is 165 Å². The van der Waals surface area contributed by atoms with Crippen molar-refractivity contribution >= 4 is 11.6 Å². The molecule has 146 valence electrons. The second kappa shape index (κ2) is 10.3. The molecule has 1 unspecified atom stereocenters. The number of nitrogens with one attached hydrogen (secondary N) is 1. The van der Waals surface area contributed by atoms with Crippen molar-refractivity contribution in [2.75, 3.05) is 19.8 Å². The maximum absolute atomic E-state index is 10.2. The SMILES string of the molecule is C=CCc1ccccc1OCC(O)CNC(C)(C)COc1ccc(Cl)nn1. The molecule has 7 heteroatoms. The Hall–Kier alpha value is -2.15. The topological polar surface area (TPSA) is 76.5 Å². The number of nitrogens with zero attached hydrogens (tertiary/aromatic N) is 2. The van der Waals surface area contributed by atoms with Gasteiger partial charge < -0.3 is 19.9 Å². The highest BCUT2D eigenvalue weighted by molar-refractivity contribution is 6.29. The molecule has 1 aromatic heterocycles. The van der Waals surface area contributed by atoms with Crippen LogP contribution < -0.4 is 14.8 Å². The van der Waals surface area contributed by atoms with Crippen LogP contribution in [0.4, 0.5) is 0 Å². The van der Waals surface area contributed by atoms with Gasteiger partial charge in [-0.3, -0.25) is 0 Å². The lowest BCUT2D eigenvalue weighted by molar-refractivity contribution is 0.0919. The van der Waals surface area contributed by atoms with Gasteiger partial charge in [0.1, 0.15) is 25.1 Å². The first-order valence-electron chi connectivity index (χ1n) is 8.76. The number of hydrogen-bond acceptors (Lipinski definition) is 6. The van der Waals surface area contributed by atoms with Crippen molar-refractivity contribution in [3.63, 3.8) is 0 Å². The van der Waals surface area contributed by atoms with Crippen molar-refractivity contribution in [3.8, 4) is 11.6 Å². The zero-order chi connectivity index (χ0) is 19.7. The first-order chi connectivity index (χ1) is 12.9. The van der Waals surface area contributed by atoms with Gasteiger partial charge in [0.15, 0.2) is 5.15 Å². The Morgan fingerprint density at radius 2 is 2.00 bits per heavy atom. The van der Waals surface area contributed by atoms with Crippen molar-refractivity contribution in [1.82, 2.24) is 15.5 Å².